The molecule has 0 saturated carbocycles. The number of oxime groups is 2. The minimum Gasteiger partial charge on any atom is -0.411 e. The van der Waals surface area contributed by atoms with E-state index in [1.807, 2.05) is 34.6 Å². The van der Waals surface area contributed by atoms with Gasteiger partial charge < -0.3 is 10.4 Å². The summed E-state index contributed by atoms with van der Waals surface area (Å²) in [4.78, 5) is 0. The minimum atomic E-state index is 0.00868. The van der Waals surface area contributed by atoms with E-state index >= 15 is 0 Å². The molecule has 0 spiro atoms. The molecule has 90 valence electrons. The molecule has 0 bridgehead atoms. The van der Waals surface area contributed by atoms with Crippen molar-refractivity contribution in [3.05, 3.63) is 0 Å². The third-order valence-corrected chi connectivity index (χ3v) is 2.23. The van der Waals surface area contributed by atoms with Crippen LogP contribution in [0.5, 0.6) is 0 Å². The summed E-state index contributed by atoms with van der Waals surface area (Å²) in [5.74, 6) is 0.366. The van der Waals surface area contributed by atoms with Crippen molar-refractivity contribution in [3.8, 4) is 0 Å². The molecule has 0 aromatic carbocycles. The van der Waals surface area contributed by atoms with Gasteiger partial charge in [-0.25, -0.2) is 0 Å². The minimum absolute atomic E-state index is 0.00868. The fourth-order valence-electron chi connectivity index (χ4n) is 0.265. The molecule has 0 aliphatic heterocycles. The van der Waals surface area contributed by atoms with Crippen LogP contribution in [0.3, 0.4) is 0 Å². The molecule has 0 unspecified atom stereocenters. The van der Waals surface area contributed by atoms with Gasteiger partial charge in [0.1, 0.15) is 0 Å². The van der Waals surface area contributed by atoms with Gasteiger partial charge in [0, 0.05) is 5.41 Å². The lowest BCUT2D eigenvalue weighted by molar-refractivity contribution is 0.310. The van der Waals surface area contributed by atoms with Gasteiger partial charge in [-0.2, -0.15) is 0 Å². The van der Waals surface area contributed by atoms with Crippen molar-refractivity contribution in [2.24, 2.45) is 21.6 Å². The number of hydrogen-bond acceptors (Lipinski definition) is 4. The molecule has 4 heteroatoms. The molecule has 2 N–H and O–H groups in total. The second kappa shape index (κ2) is 7.26. The van der Waals surface area contributed by atoms with E-state index in [9.17, 15) is 0 Å². The summed E-state index contributed by atoms with van der Waals surface area (Å²) in [6.45, 7) is 13.6. The first-order valence-electron chi connectivity index (χ1n) is 5.04. The van der Waals surface area contributed by atoms with Gasteiger partial charge in [-0.1, -0.05) is 44.9 Å². The smallest absolute Gasteiger partial charge is 0.0593 e. The highest BCUT2D eigenvalue weighted by molar-refractivity contribution is 5.86. The molecule has 0 rings (SSSR count). The van der Waals surface area contributed by atoms with Crippen LogP contribution in [-0.2, 0) is 0 Å². The fourth-order valence-corrected chi connectivity index (χ4v) is 0.265. The lowest BCUT2D eigenvalue weighted by Crippen LogP contribution is -2.16. The van der Waals surface area contributed by atoms with E-state index in [1.165, 1.54) is 0 Å². The second-order valence-corrected chi connectivity index (χ2v) is 4.83. The molecular formula is C11H24N2O2. The van der Waals surface area contributed by atoms with Gasteiger partial charge in [0.05, 0.1) is 11.4 Å². The maximum Gasteiger partial charge on any atom is 0.0593 e. The molecule has 4 nitrogen and oxygen atoms in total. The summed E-state index contributed by atoms with van der Waals surface area (Å²) in [6, 6.07) is 0. The van der Waals surface area contributed by atoms with Crippen molar-refractivity contribution in [3.63, 3.8) is 0 Å². The molecule has 0 atom stereocenters. The van der Waals surface area contributed by atoms with Crippen LogP contribution in [0, 0.1) is 11.3 Å². The zero-order chi connectivity index (χ0) is 12.6. The molecular weight excluding hydrogens is 192 g/mol. The van der Waals surface area contributed by atoms with Crippen LogP contribution in [0.1, 0.15) is 48.5 Å². The van der Waals surface area contributed by atoms with Crippen LogP contribution in [-0.4, -0.2) is 21.8 Å². The highest BCUT2D eigenvalue weighted by Crippen LogP contribution is 2.14. The van der Waals surface area contributed by atoms with Gasteiger partial charge in [-0.3, -0.25) is 0 Å². The van der Waals surface area contributed by atoms with Crippen molar-refractivity contribution in [1.82, 2.24) is 0 Å². The van der Waals surface area contributed by atoms with Crippen molar-refractivity contribution in [2.45, 2.75) is 48.5 Å². The van der Waals surface area contributed by atoms with E-state index in [0.717, 1.165) is 11.4 Å². The molecule has 0 saturated heterocycles. The highest BCUT2D eigenvalue weighted by Gasteiger charge is 2.13. The lowest BCUT2D eigenvalue weighted by atomic mass is 9.91. The molecule has 0 aliphatic carbocycles. The van der Waals surface area contributed by atoms with E-state index in [4.69, 9.17) is 10.4 Å². The summed E-state index contributed by atoms with van der Waals surface area (Å²) in [6.07, 6.45) is 0. The second-order valence-electron chi connectivity index (χ2n) is 4.83. The van der Waals surface area contributed by atoms with Crippen molar-refractivity contribution in [1.29, 1.82) is 0 Å². The molecule has 0 amide bonds. The molecule has 0 aromatic heterocycles. The largest absolute Gasteiger partial charge is 0.411 e. The van der Waals surface area contributed by atoms with Crippen LogP contribution in [0.2, 0.25) is 0 Å². The van der Waals surface area contributed by atoms with Gasteiger partial charge in [0.2, 0.25) is 0 Å². The topological polar surface area (TPSA) is 65.2 Å². The van der Waals surface area contributed by atoms with Crippen LogP contribution < -0.4 is 0 Å². The van der Waals surface area contributed by atoms with E-state index in [1.54, 1.807) is 13.8 Å². The molecule has 0 heterocycles. The molecule has 0 radical (unpaired) electrons. The Morgan fingerprint density at radius 3 is 1.40 bits per heavy atom. The van der Waals surface area contributed by atoms with Crippen LogP contribution in [0.15, 0.2) is 10.3 Å². The van der Waals surface area contributed by atoms with E-state index < -0.39 is 0 Å². The van der Waals surface area contributed by atoms with Crippen molar-refractivity contribution < 1.29 is 10.4 Å². The van der Waals surface area contributed by atoms with Crippen LogP contribution >= 0.6 is 0 Å². The SMILES string of the molecule is CC(=NO)C(C)(C)C.CC(=NO)C(C)C. The van der Waals surface area contributed by atoms with E-state index in [-0.39, 0.29) is 5.41 Å². The Labute approximate surface area is 92.7 Å². The Hall–Kier alpha value is -1.06. The Morgan fingerprint density at radius 1 is 1.00 bits per heavy atom. The van der Waals surface area contributed by atoms with Crippen molar-refractivity contribution >= 4 is 11.4 Å². The Bertz CT molecular complexity index is 225. The maximum absolute atomic E-state index is 8.26. The fraction of sp³-hybridized carbons (Fsp3) is 0.818. The normalized spacial score (nSPS) is 13.6. The standard InChI is InChI=1S/C6H13NO.C5H11NO/c1-5(7-8)6(2,3)4;1-4(2)5(3)6-7/h8H,1-4H3;4,7H,1-3H3. The summed E-state index contributed by atoms with van der Waals surface area (Å²) < 4.78 is 0. The third-order valence-electron chi connectivity index (χ3n) is 2.23. The molecule has 0 aromatic rings. The average Bonchev–Trinajstić information content (AvgIpc) is 2.14. The number of rotatable bonds is 1. The monoisotopic (exact) mass is 216 g/mol. The van der Waals surface area contributed by atoms with Crippen LogP contribution in [0.4, 0.5) is 0 Å². The molecule has 15 heavy (non-hydrogen) atoms. The number of nitrogens with zero attached hydrogens (tertiary/aromatic N) is 2. The van der Waals surface area contributed by atoms with E-state index in [2.05, 4.69) is 10.3 Å². The Kier molecular flexibility index (Phi) is 7.92. The first kappa shape index (κ1) is 16.4. The lowest BCUT2D eigenvalue weighted by Gasteiger charge is -2.15. The highest BCUT2D eigenvalue weighted by atomic mass is 16.4. The quantitative estimate of drug-likeness (QED) is 0.401. The summed E-state index contributed by atoms with van der Waals surface area (Å²) in [5.41, 5.74) is 1.55. The third kappa shape index (κ3) is 9.25. The summed E-state index contributed by atoms with van der Waals surface area (Å²) in [7, 11) is 0. The first-order valence-corrected chi connectivity index (χ1v) is 5.04. The maximum atomic E-state index is 8.26. The summed E-state index contributed by atoms with van der Waals surface area (Å²) >= 11 is 0. The Balaban J connectivity index is 0. The molecule has 0 aliphatic rings. The number of hydrogen-bond donors (Lipinski definition) is 2. The van der Waals surface area contributed by atoms with Crippen LogP contribution in [0.25, 0.3) is 0 Å². The van der Waals surface area contributed by atoms with Gasteiger partial charge in [0.25, 0.3) is 0 Å². The van der Waals surface area contributed by atoms with Crippen molar-refractivity contribution in [2.75, 3.05) is 0 Å². The Morgan fingerprint density at radius 2 is 1.40 bits per heavy atom. The first-order chi connectivity index (χ1) is 6.66. The predicted octanol–water partition coefficient (Wildman–Crippen LogP) is 3.38. The predicted molar refractivity (Wildman–Crippen MR) is 64.1 cm³/mol. The average molecular weight is 216 g/mol. The zero-order valence-corrected chi connectivity index (χ0v) is 10.9. The van der Waals surface area contributed by atoms with Gasteiger partial charge in [0.15, 0.2) is 0 Å². The van der Waals surface area contributed by atoms with E-state index in [0.29, 0.717) is 5.92 Å². The van der Waals surface area contributed by atoms with Gasteiger partial charge in [-0.15, -0.1) is 0 Å². The molecule has 0 fully saturated rings. The summed E-state index contributed by atoms with van der Waals surface area (Å²) in [5, 5.41) is 22.4. The van der Waals surface area contributed by atoms with Gasteiger partial charge >= 0.3 is 0 Å². The zero-order valence-electron chi connectivity index (χ0n) is 10.9. The van der Waals surface area contributed by atoms with Gasteiger partial charge in [-0.05, 0) is 19.8 Å².